The Morgan fingerprint density at radius 1 is 1.53 bits per heavy atom. The third-order valence-corrected chi connectivity index (χ3v) is 4.23. The third kappa shape index (κ3) is 4.03. The van der Waals surface area contributed by atoms with Crippen molar-refractivity contribution < 1.29 is 4.79 Å². The van der Waals surface area contributed by atoms with Crippen molar-refractivity contribution in [1.82, 2.24) is 5.32 Å². The summed E-state index contributed by atoms with van der Waals surface area (Å²) in [5.41, 5.74) is 5.63. The molecule has 1 saturated heterocycles. The fourth-order valence-corrected chi connectivity index (χ4v) is 2.93. The highest BCUT2D eigenvalue weighted by Gasteiger charge is 2.24. The Hall–Kier alpha value is -0.220. The summed E-state index contributed by atoms with van der Waals surface area (Å²) in [5, 5.41) is 3.21. The highest BCUT2D eigenvalue weighted by molar-refractivity contribution is 8.00. The molecule has 1 fully saturated rings. The van der Waals surface area contributed by atoms with E-state index in [1.54, 1.807) is 11.8 Å². The van der Waals surface area contributed by atoms with E-state index in [1.807, 2.05) is 0 Å². The van der Waals surface area contributed by atoms with Gasteiger partial charge in [0.2, 0.25) is 5.91 Å². The average Bonchev–Trinajstić information content (AvgIpc) is 2.26. The largest absolute Gasteiger partial charge is 0.351 e. The first-order valence-electron chi connectivity index (χ1n) is 5.77. The van der Waals surface area contributed by atoms with Crippen molar-refractivity contribution in [2.75, 3.05) is 12.3 Å². The predicted molar refractivity (Wildman–Crippen MR) is 65.9 cm³/mol. The van der Waals surface area contributed by atoms with E-state index in [0.29, 0.717) is 12.5 Å². The summed E-state index contributed by atoms with van der Waals surface area (Å²) in [6.07, 6.45) is 3.45. The van der Waals surface area contributed by atoms with Crippen molar-refractivity contribution in [3.05, 3.63) is 0 Å². The first-order valence-corrected chi connectivity index (χ1v) is 6.82. The summed E-state index contributed by atoms with van der Waals surface area (Å²) in [6, 6.07) is 0.125. The van der Waals surface area contributed by atoms with E-state index in [-0.39, 0.29) is 17.2 Å². The number of thioether (sulfide) groups is 1. The maximum Gasteiger partial charge on any atom is 0.233 e. The monoisotopic (exact) mass is 230 g/mol. The van der Waals surface area contributed by atoms with Gasteiger partial charge in [0.15, 0.2) is 0 Å². The molecular weight excluding hydrogens is 208 g/mol. The Morgan fingerprint density at radius 3 is 2.73 bits per heavy atom. The van der Waals surface area contributed by atoms with Crippen LogP contribution in [0.2, 0.25) is 0 Å². The van der Waals surface area contributed by atoms with Crippen LogP contribution < -0.4 is 11.1 Å². The van der Waals surface area contributed by atoms with Crippen molar-refractivity contribution in [3.63, 3.8) is 0 Å². The molecule has 15 heavy (non-hydrogen) atoms. The fraction of sp³-hybridized carbons (Fsp3) is 0.909. The van der Waals surface area contributed by atoms with Gasteiger partial charge in [0.05, 0.1) is 5.25 Å². The molecule has 2 unspecified atom stereocenters. The lowest BCUT2D eigenvalue weighted by molar-refractivity contribution is -0.121. The van der Waals surface area contributed by atoms with Gasteiger partial charge in [-0.25, -0.2) is 0 Å². The van der Waals surface area contributed by atoms with Gasteiger partial charge < -0.3 is 11.1 Å². The van der Waals surface area contributed by atoms with Crippen LogP contribution in [0.3, 0.4) is 0 Å². The van der Waals surface area contributed by atoms with E-state index in [9.17, 15) is 4.79 Å². The molecule has 0 aliphatic carbocycles. The molecule has 0 radical (unpaired) electrons. The summed E-state index contributed by atoms with van der Waals surface area (Å²) >= 11 is 1.78. The fourth-order valence-electron chi connectivity index (χ4n) is 1.72. The zero-order chi connectivity index (χ0) is 11.3. The lowest BCUT2D eigenvalue weighted by Crippen LogP contribution is -2.47. The Kier molecular flexibility index (Phi) is 5.47. The van der Waals surface area contributed by atoms with Gasteiger partial charge in [0.1, 0.15) is 0 Å². The van der Waals surface area contributed by atoms with Crippen LogP contribution in [0.1, 0.15) is 33.1 Å². The number of amides is 1. The molecule has 1 aliphatic rings. The lowest BCUT2D eigenvalue weighted by Gasteiger charge is -2.25. The number of hydrogen-bond acceptors (Lipinski definition) is 3. The van der Waals surface area contributed by atoms with Gasteiger partial charge in [-0.15, -0.1) is 11.8 Å². The molecule has 0 saturated carbocycles. The molecule has 0 aromatic rings. The van der Waals surface area contributed by atoms with Gasteiger partial charge in [0.25, 0.3) is 0 Å². The molecule has 4 heteroatoms. The molecule has 2 atom stereocenters. The van der Waals surface area contributed by atoms with Gasteiger partial charge in [-0.3, -0.25) is 4.79 Å². The summed E-state index contributed by atoms with van der Waals surface area (Å²) < 4.78 is 0. The molecule has 88 valence electrons. The van der Waals surface area contributed by atoms with E-state index in [0.717, 1.165) is 12.2 Å². The van der Waals surface area contributed by atoms with Crippen LogP contribution in [0.25, 0.3) is 0 Å². The first kappa shape index (κ1) is 12.8. The molecule has 3 N–H and O–H groups in total. The van der Waals surface area contributed by atoms with E-state index in [2.05, 4.69) is 19.2 Å². The van der Waals surface area contributed by atoms with E-state index >= 15 is 0 Å². The van der Waals surface area contributed by atoms with Gasteiger partial charge in [-0.1, -0.05) is 20.3 Å². The molecular formula is C11H22N2OS. The highest BCUT2D eigenvalue weighted by atomic mass is 32.2. The van der Waals surface area contributed by atoms with Crippen LogP contribution in [-0.2, 0) is 4.79 Å². The molecule has 3 nitrogen and oxygen atoms in total. The number of nitrogens with two attached hydrogens (primary N) is 1. The predicted octanol–water partition coefficient (Wildman–Crippen LogP) is 1.37. The maximum atomic E-state index is 11.9. The minimum atomic E-state index is 0.125. The highest BCUT2D eigenvalue weighted by Crippen LogP contribution is 2.25. The topological polar surface area (TPSA) is 55.1 Å². The number of carbonyl (C=O) groups excluding carboxylic acids is 1. The van der Waals surface area contributed by atoms with Crippen molar-refractivity contribution in [2.24, 2.45) is 11.7 Å². The number of rotatable bonds is 4. The van der Waals surface area contributed by atoms with Crippen LogP contribution in [0.15, 0.2) is 0 Å². The zero-order valence-electron chi connectivity index (χ0n) is 9.66. The first-order chi connectivity index (χ1) is 7.15. The smallest absolute Gasteiger partial charge is 0.233 e. The molecule has 1 heterocycles. The Labute approximate surface area is 96.6 Å². The van der Waals surface area contributed by atoms with Crippen LogP contribution in [0.4, 0.5) is 0 Å². The van der Waals surface area contributed by atoms with Crippen LogP contribution >= 0.6 is 11.8 Å². The molecule has 0 spiro atoms. The van der Waals surface area contributed by atoms with Crippen molar-refractivity contribution >= 4 is 17.7 Å². The SMILES string of the molecule is CC(C)C(CN)NC(=O)C1CCCCS1. The third-order valence-electron chi connectivity index (χ3n) is 2.86. The minimum absolute atomic E-state index is 0.125. The van der Waals surface area contributed by atoms with Crippen LogP contribution in [-0.4, -0.2) is 29.5 Å². The normalized spacial score (nSPS) is 23.9. The number of carbonyl (C=O) groups is 1. The summed E-state index contributed by atoms with van der Waals surface area (Å²) in [5.74, 6) is 1.71. The van der Waals surface area contributed by atoms with Crippen molar-refractivity contribution in [3.8, 4) is 0 Å². The summed E-state index contributed by atoms with van der Waals surface area (Å²) in [7, 11) is 0. The molecule has 1 aliphatic heterocycles. The summed E-state index contributed by atoms with van der Waals surface area (Å²) in [4.78, 5) is 11.9. The Morgan fingerprint density at radius 2 is 2.27 bits per heavy atom. The van der Waals surface area contributed by atoms with E-state index in [4.69, 9.17) is 5.73 Å². The molecule has 0 aromatic carbocycles. The maximum absolute atomic E-state index is 11.9. The van der Waals surface area contributed by atoms with Crippen LogP contribution in [0, 0.1) is 5.92 Å². The lowest BCUT2D eigenvalue weighted by atomic mass is 10.0. The Balaban J connectivity index is 2.38. The van der Waals surface area contributed by atoms with Gasteiger partial charge in [-0.05, 0) is 24.5 Å². The quantitative estimate of drug-likeness (QED) is 0.767. The second kappa shape index (κ2) is 6.38. The second-order valence-electron chi connectivity index (χ2n) is 4.45. The molecule has 0 aromatic heterocycles. The number of hydrogen-bond donors (Lipinski definition) is 2. The van der Waals surface area contributed by atoms with Crippen LogP contribution in [0.5, 0.6) is 0 Å². The van der Waals surface area contributed by atoms with E-state index < -0.39 is 0 Å². The number of nitrogens with one attached hydrogen (secondary N) is 1. The van der Waals surface area contributed by atoms with Crippen molar-refractivity contribution in [1.29, 1.82) is 0 Å². The van der Waals surface area contributed by atoms with E-state index in [1.165, 1.54) is 12.8 Å². The minimum Gasteiger partial charge on any atom is -0.351 e. The zero-order valence-corrected chi connectivity index (χ0v) is 10.5. The van der Waals surface area contributed by atoms with Crippen molar-refractivity contribution in [2.45, 2.75) is 44.4 Å². The molecule has 0 bridgehead atoms. The Bertz CT molecular complexity index is 203. The second-order valence-corrected chi connectivity index (χ2v) is 5.76. The summed E-state index contributed by atoms with van der Waals surface area (Å²) in [6.45, 7) is 4.71. The van der Waals surface area contributed by atoms with Gasteiger partial charge in [0, 0.05) is 12.6 Å². The molecule has 1 rings (SSSR count). The van der Waals surface area contributed by atoms with Gasteiger partial charge >= 0.3 is 0 Å². The molecule has 1 amide bonds. The van der Waals surface area contributed by atoms with Gasteiger partial charge in [-0.2, -0.15) is 0 Å². The average molecular weight is 230 g/mol. The standard InChI is InChI=1S/C11H22N2OS/c1-8(2)9(7-12)13-11(14)10-5-3-4-6-15-10/h8-10H,3-7,12H2,1-2H3,(H,13,14).